The first-order valence-corrected chi connectivity index (χ1v) is 8.17. The largest absolute Gasteiger partial charge is 0.321 e. The van der Waals surface area contributed by atoms with Crippen molar-refractivity contribution in [1.82, 2.24) is 19.6 Å². The van der Waals surface area contributed by atoms with Gasteiger partial charge in [-0.25, -0.2) is 9.36 Å². The Morgan fingerprint density at radius 3 is 2.72 bits per heavy atom. The minimum absolute atomic E-state index is 0.0985. The molecule has 0 spiro atoms. The Hall–Kier alpha value is -2.95. The molecule has 0 bridgehead atoms. The molecule has 0 radical (unpaired) electrons. The van der Waals surface area contributed by atoms with Gasteiger partial charge in [-0.05, 0) is 19.4 Å². The van der Waals surface area contributed by atoms with Gasteiger partial charge in [0.05, 0.1) is 11.9 Å². The molecule has 0 atom stereocenters. The normalized spacial score (nSPS) is 14.3. The molecule has 0 fully saturated rings. The smallest absolute Gasteiger partial charge is 0.224 e. The summed E-state index contributed by atoms with van der Waals surface area (Å²) < 4.78 is 3.42. The van der Waals surface area contributed by atoms with E-state index in [2.05, 4.69) is 31.7 Å². The number of hydrogen-bond acceptors (Lipinski definition) is 5. The number of nitrogens with one attached hydrogen (secondary N) is 1. The molecule has 1 N–H and O–H groups in total. The summed E-state index contributed by atoms with van der Waals surface area (Å²) in [5.41, 5.74) is 1.98. The minimum Gasteiger partial charge on any atom is -0.321 e. The fourth-order valence-corrected chi connectivity index (χ4v) is 2.77. The van der Waals surface area contributed by atoms with Crippen molar-refractivity contribution in [3.8, 4) is 18.2 Å². The molecule has 8 heteroatoms. The topological polar surface area (TPSA) is 89.5 Å². The molecule has 2 aromatic rings. The first-order valence-electron chi connectivity index (χ1n) is 8.17. The van der Waals surface area contributed by atoms with E-state index in [1.165, 1.54) is 0 Å². The lowest BCUT2D eigenvalue weighted by Gasteiger charge is -2.10. The van der Waals surface area contributed by atoms with Crippen LogP contribution in [0.1, 0.15) is 36.9 Å². The number of carbonyl (C=O) groups excluding carboxylic acids is 1. The molecule has 130 valence electrons. The van der Waals surface area contributed by atoms with Crippen LogP contribution in [0, 0.1) is 26.2 Å². The number of anilines is 1. The van der Waals surface area contributed by atoms with Gasteiger partial charge in [-0.15, -0.1) is 12.3 Å². The number of rotatable bonds is 7. The average Bonchev–Trinajstić information content (AvgIpc) is 3.14. The molecular formula is C17H21N7O. The lowest BCUT2D eigenvalue weighted by Crippen LogP contribution is -2.19. The molecule has 25 heavy (non-hydrogen) atoms. The highest BCUT2D eigenvalue weighted by Crippen LogP contribution is 2.37. The van der Waals surface area contributed by atoms with Crippen LogP contribution in [0.3, 0.4) is 0 Å². The van der Waals surface area contributed by atoms with E-state index in [9.17, 15) is 4.79 Å². The Balaban J connectivity index is 1.69. The summed E-state index contributed by atoms with van der Waals surface area (Å²) in [7, 11) is 1.83. The highest BCUT2D eigenvalue weighted by molar-refractivity contribution is 5.93. The maximum Gasteiger partial charge on any atom is 0.224 e. The van der Waals surface area contributed by atoms with Crippen LogP contribution in [-0.4, -0.2) is 31.1 Å². The zero-order valence-corrected chi connectivity index (χ0v) is 14.7. The number of carbonyl (C=O) groups is 1. The zero-order chi connectivity index (χ0) is 18.0. The summed E-state index contributed by atoms with van der Waals surface area (Å²) in [6.07, 6.45) is 11.1. The van der Waals surface area contributed by atoms with Crippen LogP contribution < -0.4 is 5.32 Å². The molecule has 2 aromatic heterocycles. The number of hydrogen-bond donors (Lipinski definition) is 1. The van der Waals surface area contributed by atoms with E-state index in [1.807, 2.05) is 27.1 Å². The second-order valence-electron chi connectivity index (χ2n) is 6.30. The summed E-state index contributed by atoms with van der Waals surface area (Å²) in [5, 5.41) is 19.8. The predicted octanol–water partition coefficient (Wildman–Crippen LogP) is 2.52. The molecule has 8 nitrogen and oxygen atoms in total. The number of amides is 1. The number of aromatic nitrogens is 4. The van der Waals surface area contributed by atoms with Crippen molar-refractivity contribution in [2.75, 3.05) is 5.32 Å². The second-order valence-corrected chi connectivity index (χ2v) is 6.30. The summed E-state index contributed by atoms with van der Waals surface area (Å²) in [6.45, 7) is 3.82. The van der Waals surface area contributed by atoms with Gasteiger partial charge >= 0.3 is 0 Å². The van der Waals surface area contributed by atoms with Gasteiger partial charge in [-0.1, -0.05) is 0 Å². The summed E-state index contributed by atoms with van der Waals surface area (Å²) in [6, 6.07) is 0. The number of nitrogens with zero attached hydrogens (tertiary/aromatic N) is 6. The Morgan fingerprint density at radius 2 is 2.12 bits per heavy atom. The molecule has 0 aliphatic carbocycles. The Bertz CT molecular complexity index is 862. The lowest BCUT2D eigenvalue weighted by atomic mass is 10.0. The van der Waals surface area contributed by atoms with Crippen LogP contribution in [0.2, 0.25) is 0 Å². The van der Waals surface area contributed by atoms with Crippen LogP contribution in [0.5, 0.6) is 0 Å². The Labute approximate surface area is 146 Å². The van der Waals surface area contributed by atoms with Crippen molar-refractivity contribution < 1.29 is 4.79 Å². The van der Waals surface area contributed by atoms with Gasteiger partial charge in [-0.3, -0.25) is 4.79 Å². The number of terminal acetylenes is 1. The summed E-state index contributed by atoms with van der Waals surface area (Å²) >= 11 is 0. The molecular weight excluding hydrogens is 318 g/mol. The molecule has 0 saturated carbocycles. The van der Waals surface area contributed by atoms with E-state index in [0.717, 1.165) is 17.1 Å². The third kappa shape index (κ3) is 3.60. The van der Waals surface area contributed by atoms with Crippen LogP contribution in [-0.2, 0) is 11.8 Å². The highest BCUT2D eigenvalue weighted by atomic mass is 16.1. The molecule has 3 heterocycles. The van der Waals surface area contributed by atoms with Crippen molar-refractivity contribution >= 4 is 11.6 Å². The van der Waals surface area contributed by atoms with Crippen LogP contribution in [0.15, 0.2) is 22.6 Å². The molecule has 0 saturated heterocycles. The van der Waals surface area contributed by atoms with Gasteiger partial charge in [0.2, 0.25) is 5.91 Å². The standard InChI is InChI=1S/C17H21N7O/c1-5-6-8-17(21-22-17)9-7-14(25)19-15-13(3)20-23(4)16(15)24-11-12(2)10-18-24/h1,10-11H,6-9H2,2-4H3,(H,19,25). The van der Waals surface area contributed by atoms with Gasteiger partial charge in [0.1, 0.15) is 5.69 Å². The van der Waals surface area contributed by atoms with Gasteiger partial charge < -0.3 is 5.32 Å². The molecule has 1 aliphatic heterocycles. The van der Waals surface area contributed by atoms with Gasteiger partial charge in [0.25, 0.3) is 0 Å². The van der Waals surface area contributed by atoms with Crippen LogP contribution in [0.4, 0.5) is 5.69 Å². The van der Waals surface area contributed by atoms with E-state index in [0.29, 0.717) is 31.4 Å². The molecule has 0 aromatic carbocycles. The van der Waals surface area contributed by atoms with Crippen molar-refractivity contribution in [3.63, 3.8) is 0 Å². The van der Waals surface area contributed by atoms with Gasteiger partial charge in [0.15, 0.2) is 11.5 Å². The fraction of sp³-hybridized carbons (Fsp3) is 0.471. The third-order valence-corrected chi connectivity index (χ3v) is 4.19. The second kappa shape index (κ2) is 6.51. The number of aryl methyl sites for hydroxylation is 3. The summed E-state index contributed by atoms with van der Waals surface area (Å²) in [4.78, 5) is 12.4. The minimum atomic E-state index is -0.449. The van der Waals surface area contributed by atoms with E-state index >= 15 is 0 Å². The van der Waals surface area contributed by atoms with Crippen molar-refractivity contribution in [2.24, 2.45) is 17.3 Å². The van der Waals surface area contributed by atoms with Crippen LogP contribution in [0.25, 0.3) is 5.82 Å². The molecule has 3 rings (SSSR count). The van der Waals surface area contributed by atoms with E-state index < -0.39 is 5.66 Å². The fourth-order valence-electron chi connectivity index (χ4n) is 2.77. The van der Waals surface area contributed by atoms with Gasteiger partial charge in [0, 0.05) is 38.9 Å². The van der Waals surface area contributed by atoms with Gasteiger partial charge in [-0.2, -0.15) is 20.4 Å². The monoisotopic (exact) mass is 339 g/mol. The quantitative estimate of drug-likeness (QED) is 0.786. The lowest BCUT2D eigenvalue weighted by molar-refractivity contribution is -0.116. The highest BCUT2D eigenvalue weighted by Gasteiger charge is 2.39. The van der Waals surface area contributed by atoms with E-state index in [1.54, 1.807) is 15.6 Å². The van der Waals surface area contributed by atoms with E-state index in [4.69, 9.17) is 6.42 Å². The molecule has 0 unspecified atom stereocenters. The first kappa shape index (κ1) is 16.9. The predicted molar refractivity (Wildman–Crippen MR) is 93.3 cm³/mol. The maximum absolute atomic E-state index is 12.4. The Morgan fingerprint density at radius 1 is 1.36 bits per heavy atom. The third-order valence-electron chi connectivity index (χ3n) is 4.19. The zero-order valence-electron chi connectivity index (χ0n) is 14.7. The van der Waals surface area contributed by atoms with Crippen molar-refractivity contribution in [1.29, 1.82) is 0 Å². The Kier molecular flexibility index (Phi) is 4.40. The van der Waals surface area contributed by atoms with Crippen molar-refractivity contribution in [2.45, 2.75) is 45.2 Å². The van der Waals surface area contributed by atoms with Crippen LogP contribution >= 0.6 is 0 Å². The SMILES string of the molecule is C#CCCC1(CCC(=O)Nc2c(C)nn(C)c2-n2cc(C)cn2)N=N1. The maximum atomic E-state index is 12.4. The van der Waals surface area contributed by atoms with Crippen molar-refractivity contribution in [3.05, 3.63) is 23.7 Å². The first-order chi connectivity index (χ1) is 11.9. The van der Waals surface area contributed by atoms with E-state index in [-0.39, 0.29) is 5.91 Å². The summed E-state index contributed by atoms with van der Waals surface area (Å²) in [5.74, 6) is 3.21. The average molecular weight is 339 g/mol. The molecule has 1 amide bonds. The molecule has 1 aliphatic rings.